The first-order valence-electron chi connectivity index (χ1n) is 11.3. The standard InChI is InChI=1S/C28H29NO6/c1-19-6-4-7-20(2)28(19)35-24-16-12-22(13-17-24)29-26(31)8-5-9-27(32)34-18-25(30)21-10-14-23(33-3)15-11-21/h4,6-7,10-17H,5,8-9,18H2,1-3H3,(H,29,31). The molecule has 0 radical (unpaired) electrons. The van der Waals surface area contributed by atoms with Crippen molar-refractivity contribution < 1.29 is 28.6 Å². The number of benzene rings is 3. The van der Waals surface area contributed by atoms with Gasteiger partial charge in [0.05, 0.1) is 7.11 Å². The third kappa shape index (κ3) is 7.71. The highest BCUT2D eigenvalue weighted by atomic mass is 16.5. The summed E-state index contributed by atoms with van der Waals surface area (Å²) in [6.45, 7) is 3.64. The molecule has 7 nitrogen and oxygen atoms in total. The predicted molar refractivity (Wildman–Crippen MR) is 133 cm³/mol. The number of Topliss-reactive ketones (excluding diaryl/α,β-unsaturated/α-hetero) is 1. The lowest BCUT2D eigenvalue weighted by Crippen LogP contribution is -2.15. The molecule has 0 fully saturated rings. The second kappa shape index (κ2) is 12.4. The average Bonchev–Trinajstić information content (AvgIpc) is 2.86. The Kier molecular flexibility index (Phi) is 9.01. The summed E-state index contributed by atoms with van der Waals surface area (Å²) in [7, 11) is 1.54. The van der Waals surface area contributed by atoms with E-state index in [1.54, 1.807) is 48.5 Å². The molecule has 3 aromatic rings. The topological polar surface area (TPSA) is 90.9 Å². The fourth-order valence-corrected chi connectivity index (χ4v) is 3.38. The Balaban J connectivity index is 1.37. The summed E-state index contributed by atoms with van der Waals surface area (Å²) in [5, 5.41) is 2.80. The molecule has 0 atom stereocenters. The van der Waals surface area contributed by atoms with E-state index in [0.29, 0.717) is 29.2 Å². The molecule has 0 aliphatic rings. The second-order valence-corrected chi connectivity index (χ2v) is 8.06. The zero-order valence-corrected chi connectivity index (χ0v) is 20.1. The van der Waals surface area contributed by atoms with E-state index in [-0.39, 0.29) is 31.1 Å². The van der Waals surface area contributed by atoms with Gasteiger partial charge in [-0.25, -0.2) is 0 Å². The zero-order chi connectivity index (χ0) is 25.2. The average molecular weight is 476 g/mol. The van der Waals surface area contributed by atoms with Crippen LogP contribution in [-0.4, -0.2) is 31.4 Å². The number of ether oxygens (including phenoxy) is 3. The number of carbonyl (C=O) groups is 3. The molecule has 0 aliphatic carbocycles. The van der Waals surface area contributed by atoms with Crippen molar-refractivity contribution in [3.8, 4) is 17.2 Å². The molecule has 0 saturated heterocycles. The monoisotopic (exact) mass is 475 g/mol. The Bertz CT molecular complexity index is 1150. The van der Waals surface area contributed by atoms with Gasteiger partial charge in [0.2, 0.25) is 5.91 Å². The minimum absolute atomic E-state index is 0.0475. The van der Waals surface area contributed by atoms with Crippen LogP contribution in [0.1, 0.15) is 40.7 Å². The Morgan fingerprint density at radius 1 is 0.800 bits per heavy atom. The van der Waals surface area contributed by atoms with Crippen LogP contribution in [0.5, 0.6) is 17.2 Å². The largest absolute Gasteiger partial charge is 0.497 e. The number of hydrogen-bond donors (Lipinski definition) is 1. The van der Waals surface area contributed by atoms with Gasteiger partial charge in [0.1, 0.15) is 17.2 Å². The van der Waals surface area contributed by atoms with Crippen LogP contribution in [0.3, 0.4) is 0 Å². The Morgan fingerprint density at radius 3 is 2.06 bits per heavy atom. The lowest BCUT2D eigenvalue weighted by molar-refractivity contribution is -0.142. The molecule has 1 N–H and O–H groups in total. The maximum Gasteiger partial charge on any atom is 0.306 e. The van der Waals surface area contributed by atoms with Crippen molar-refractivity contribution in [3.63, 3.8) is 0 Å². The van der Waals surface area contributed by atoms with Gasteiger partial charge in [0.25, 0.3) is 0 Å². The van der Waals surface area contributed by atoms with Crippen molar-refractivity contribution in [2.45, 2.75) is 33.1 Å². The van der Waals surface area contributed by atoms with E-state index in [9.17, 15) is 14.4 Å². The van der Waals surface area contributed by atoms with Gasteiger partial charge < -0.3 is 19.5 Å². The van der Waals surface area contributed by atoms with Crippen LogP contribution in [0.2, 0.25) is 0 Å². The molecule has 0 bridgehead atoms. The predicted octanol–water partition coefficient (Wildman–Crippen LogP) is 5.64. The Labute approximate surface area is 205 Å². The number of anilines is 1. The summed E-state index contributed by atoms with van der Waals surface area (Å²) in [6, 6.07) is 19.6. The normalized spacial score (nSPS) is 10.4. The van der Waals surface area contributed by atoms with Crippen molar-refractivity contribution in [1.82, 2.24) is 0 Å². The van der Waals surface area contributed by atoms with E-state index in [0.717, 1.165) is 16.9 Å². The highest BCUT2D eigenvalue weighted by molar-refractivity contribution is 5.98. The number of esters is 1. The van der Waals surface area contributed by atoms with Crippen LogP contribution < -0.4 is 14.8 Å². The van der Waals surface area contributed by atoms with Crippen LogP contribution in [0.15, 0.2) is 66.7 Å². The van der Waals surface area contributed by atoms with Crippen LogP contribution >= 0.6 is 0 Å². The highest BCUT2D eigenvalue weighted by Crippen LogP contribution is 2.29. The molecule has 3 rings (SSSR count). The summed E-state index contributed by atoms with van der Waals surface area (Å²) in [5.74, 6) is 1.10. The van der Waals surface area contributed by atoms with Gasteiger partial charge in [-0.1, -0.05) is 18.2 Å². The number of nitrogens with one attached hydrogen (secondary N) is 1. The fraction of sp³-hybridized carbons (Fsp3) is 0.250. The van der Waals surface area contributed by atoms with Crippen LogP contribution in [-0.2, 0) is 14.3 Å². The molecule has 35 heavy (non-hydrogen) atoms. The summed E-state index contributed by atoms with van der Waals surface area (Å²) < 4.78 is 16.1. The van der Waals surface area contributed by atoms with Gasteiger partial charge in [0, 0.05) is 24.1 Å². The number of hydrogen-bond acceptors (Lipinski definition) is 6. The molecule has 0 saturated carbocycles. The maximum absolute atomic E-state index is 12.2. The Morgan fingerprint density at radius 2 is 1.43 bits per heavy atom. The number of para-hydroxylation sites is 1. The third-order valence-corrected chi connectivity index (χ3v) is 5.33. The van der Waals surface area contributed by atoms with E-state index in [4.69, 9.17) is 14.2 Å². The molecule has 3 aromatic carbocycles. The molecule has 7 heteroatoms. The summed E-state index contributed by atoms with van der Waals surface area (Å²) in [6.07, 6.45) is 0.517. The number of rotatable bonds is 11. The van der Waals surface area contributed by atoms with Crippen molar-refractivity contribution >= 4 is 23.3 Å². The first-order valence-corrected chi connectivity index (χ1v) is 11.3. The first kappa shape index (κ1) is 25.5. The number of carbonyl (C=O) groups excluding carboxylic acids is 3. The van der Waals surface area contributed by atoms with Crippen LogP contribution in [0, 0.1) is 13.8 Å². The molecular weight excluding hydrogens is 446 g/mol. The number of aryl methyl sites for hydroxylation is 2. The minimum Gasteiger partial charge on any atom is -0.497 e. The minimum atomic E-state index is -0.521. The fourth-order valence-electron chi connectivity index (χ4n) is 3.38. The number of amides is 1. The van der Waals surface area contributed by atoms with Gasteiger partial charge in [-0.05, 0) is 79.9 Å². The van der Waals surface area contributed by atoms with E-state index in [1.165, 1.54) is 7.11 Å². The van der Waals surface area contributed by atoms with Gasteiger partial charge in [-0.3, -0.25) is 14.4 Å². The summed E-state index contributed by atoms with van der Waals surface area (Å²) in [4.78, 5) is 36.2. The summed E-state index contributed by atoms with van der Waals surface area (Å²) >= 11 is 0. The molecule has 0 heterocycles. The lowest BCUT2D eigenvalue weighted by atomic mass is 10.1. The Hall–Kier alpha value is -4.13. The third-order valence-electron chi connectivity index (χ3n) is 5.33. The van der Waals surface area contributed by atoms with Gasteiger partial charge in [0.15, 0.2) is 12.4 Å². The van der Waals surface area contributed by atoms with Gasteiger partial charge in [-0.15, -0.1) is 0 Å². The second-order valence-electron chi connectivity index (χ2n) is 8.06. The quantitative estimate of drug-likeness (QED) is 0.285. The smallest absolute Gasteiger partial charge is 0.306 e. The van der Waals surface area contributed by atoms with E-state index < -0.39 is 5.97 Å². The number of methoxy groups -OCH3 is 1. The molecule has 1 amide bonds. The molecule has 0 aliphatic heterocycles. The van der Waals surface area contributed by atoms with Crippen molar-refractivity contribution in [3.05, 3.63) is 83.4 Å². The molecule has 0 unspecified atom stereocenters. The maximum atomic E-state index is 12.2. The first-order chi connectivity index (χ1) is 16.9. The van der Waals surface area contributed by atoms with E-state index >= 15 is 0 Å². The van der Waals surface area contributed by atoms with Gasteiger partial charge in [-0.2, -0.15) is 0 Å². The van der Waals surface area contributed by atoms with Crippen molar-refractivity contribution in [1.29, 1.82) is 0 Å². The van der Waals surface area contributed by atoms with Crippen molar-refractivity contribution in [2.24, 2.45) is 0 Å². The van der Waals surface area contributed by atoms with Crippen LogP contribution in [0.4, 0.5) is 5.69 Å². The van der Waals surface area contributed by atoms with E-state index in [1.807, 2.05) is 32.0 Å². The highest BCUT2D eigenvalue weighted by Gasteiger charge is 2.12. The van der Waals surface area contributed by atoms with E-state index in [2.05, 4.69) is 5.32 Å². The molecule has 0 spiro atoms. The molecular formula is C28H29NO6. The van der Waals surface area contributed by atoms with Crippen molar-refractivity contribution in [2.75, 3.05) is 19.0 Å². The van der Waals surface area contributed by atoms with Crippen LogP contribution in [0.25, 0.3) is 0 Å². The molecule has 182 valence electrons. The number of ketones is 1. The SMILES string of the molecule is COc1ccc(C(=O)COC(=O)CCCC(=O)Nc2ccc(Oc3c(C)cccc3C)cc2)cc1. The molecule has 0 aromatic heterocycles. The summed E-state index contributed by atoms with van der Waals surface area (Å²) in [5.41, 5.74) is 3.16. The lowest BCUT2D eigenvalue weighted by Gasteiger charge is -2.12. The van der Waals surface area contributed by atoms with Gasteiger partial charge >= 0.3 is 5.97 Å². The zero-order valence-electron chi connectivity index (χ0n) is 20.1.